The maximum absolute atomic E-state index is 10.3. The molecule has 4 nitrogen and oxygen atoms in total. The Morgan fingerprint density at radius 2 is 2.40 bits per heavy atom. The highest BCUT2D eigenvalue weighted by Gasteiger charge is 2.25. The lowest BCUT2D eigenvalue weighted by Gasteiger charge is -2.16. The third-order valence-electron chi connectivity index (χ3n) is 2.90. The van der Waals surface area contributed by atoms with Crippen molar-refractivity contribution in [2.75, 3.05) is 19.7 Å². The standard InChI is InChI=1S/C11H21NO3/c1-2-10-9(5-7-15-10)8-12-6-3-4-11(13)14/h9-10,12H,2-8H2,1H3,(H,13,14). The van der Waals surface area contributed by atoms with E-state index in [2.05, 4.69) is 12.2 Å². The first-order valence-electron chi connectivity index (χ1n) is 5.78. The largest absolute Gasteiger partial charge is 0.481 e. The Kier molecular flexibility index (Phi) is 5.65. The molecule has 2 atom stereocenters. The second-order valence-corrected chi connectivity index (χ2v) is 4.07. The molecule has 0 aliphatic carbocycles. The molecule has 0 radical (unpaired) electrons. The maximum atomic E-state index is 10.3. The number of nitrogens with one attached hydrogen (secondary N) is 1. The minimum Gasteiger partial charge on any atom is -0.481 e. The van der Waals surface area contributed by atoms with Crippen molar-refractivity contribution in [1.82, 2.24) is 5.32 Å². The van der Waals surface area contributed by atoms with Crippen LogP contribution in [0.15, 0.2) is 0 Å². The summed E-state index contributed by atoms with van der Waals surface area (Å²) in [6.07, 6.45) is 3.56. The zero-order chi connectivity index (χ0) is 11.1. The Morgan fingerprint density at radius 3 is 3.07 bits per heavy atom. The van der Waals surface area contributed by atoms with E-state index in [-0.39, 0.29) is 6.42 Å². The van der Waals surface area contributed by atoms with Crippen molar-refractivity contribution in [3.63, 3.8) is 0 Å². The van der Waals surface area contributed by atoms with Gasteiger partial charge in [0.05, 0.1) is 6.10 Å². The first kappa shape index (κ1) is 12.5. The van der Waals surface area contributed by atoms with Crippen LogP contribution in [0.5, 0.6) is 0 Å². The molecule has 0 spiro atoms. The number of carbonyl (C=O) groups is 1. The van der Waals surface area contributed by atoms with E-state index in [9.17, 15) is 4.79 Å². The molecule has 0 aromatic heterocycles. The molecule has 0 amide bonds. The lowest BCUT2D eigenvalue weighted by molar-refractivity contribution is -0.137. The Labute approximate surface area is 91.0 Å². The van der Waals surface area contributed by atoms with Gasteiger partial charge in [-0.15, -0.1) is 0 Å². The van der Waals surface area contributed by atoms with Gasteiger partial charge in [0.2, 0.25) is 0 Å². The van der Waals surface area contributed by atoms with Crippen LogP contribution in [-0.2, 0) is 9.53 Å². The van der Waals surface area contributed by atoms with Gasteiger partial charge in [0, 0.05) is 19.6 Å². The predicted octanol–water partition coefficient (Wildman–Crippen LogP) is 1.26. The van der Waals surface area contributed by atoms with E-state index < -0.39 is 5.97 Å². The van der Waals surface area contributed by atoms with Gasteiger partial charge in [0.25, 0.3) is 0 Å². The molecule has 2 N–H and O–H groups in total. The Balaban J connectivity index is 2.02. The molecule has 1 fully saturated rings. The number of rotatable bonds is 7. The van der Waals surface area contributed by atoms with Crippen molar-refractivity contribution < 1.29 is 14.6 Å². The predicted molar refractivity (Wildman–Crippen MR) is 57.9 cm³/mol. The number of carboxylic acids is 1. The van der Waals surface area contributed by atoms with Crippen molar-refractivity contribution in [3.8, 4) is 0 Å². The molecule has 88 valence electrons. The van der Waals surface area contributed by atoms with Crippen LogP contribution in [-0.4, -0.2) is 36.9 Å². The average Bonchev–Trinajstić information content (AvgIpc) is 2.64. The normalized spacial score (nSPS) is 25.7. The molecule has 0 bridgehead atoms. The summed E-state index contributed by atoms with van der Waals surface area (Å²) in [5, 5.41) is 11.8. The van der Waals surface area contributed by atoms with E-state index in [1.165, 1.54) is 0 Å². The summed E-state index contributed by atoms with van der Waals surface area (Å²) in [6, 6.07) is 0. The molecule has 4 heteroatoms. The highest BCUT2D eigenvalue weighted by molar-refractivity contribution is 5.66. The highest BCUT2D eigenvalue weighted by atomic mass is 16.5. The van der Waals surface area contributed by atoms with Crippen LogP contribution in [0.2, 0.25) is 0 Å². The van der Waals surface area contributed by atoms with Gasteiger partial charge in [-0.3, -0.25) is 4.79 Å². The van der Waals surface area contributed by atoms with Crippen molar-refractivity contribution in [2.45, 2.75) is 38.7 Å². The molecule has 1 aliphatic heterocycles. The zero-order valence-corrected chi connectivity index (χ0v) is 9.37. The second kappa shape index (κ2) is 6.80. The molecular formula is C11H21NO3. The molecule has 1 saturated heterocycles. The smallest absolute Gasteiger partial charge is 0.303 e. The summed E-state index contributed by atoms with van der Waals surface area (Å²) in [5.74, 6) is -0.104. The second-order valence-electron chi connectivity index (χ2n) is 4.07. The summed E-state index contributed by atoms with van der Waals surface area (Å²) in [5.41, 5.74) is 0. The number of hydrogen-bond acceptors (Lipinski definition) is 3. The van der Waals surface area contributed by atoms with Gasteiger partial charge >= 0.3 is 5.97 Å². The summed E-state index contributed by atoms with van der Waals surface area (Å²) in [7, 11) is 0. The molecule has 1 aliphatic rings. The molecule has 0 saturated carbocycles. The fourth-order valence-electron chi connectivity index (χ4n) is 2.03. The van der Waals surface area contributed by atoms with Crippen LogP contribution in [0.3, 0.4) is 0 Å². The van der Waals surface area contributed by atoms with E-state index in [0.717, 1.165) is 32.5 Å². The third-order valence-corrected chi connectivity index (χ3v) is 2.90. The topological polar surface area (TPSA) is 58.6 Å². The van der Waals surface area contributed by atoms with Crippen LogP contribution in [0.1, 0.15) is 32.6 Å². The van der Waals surface area contributed by atoms with Gasteiger partial charge in [0.15, 0.2) is 0 Å². The average molecular weight is 215 g/mol. The first-order chi connectivity index (χ1) is 7.24. The fourth-order valence-corrected chi connectivity index (χ4v) is 2.03. The van der Waals surface area contributed by atoms with E-state index in [0.29, 0.717) is 18.4 Å². The maximum Gasteiger partial charge on any atom is 0.303 e. The molecule has 1 rings (SSSR count). The Hall–Kier alpha value is -0.610. The van der Waals surface area contributed by atoms with Gasteiger partial charge in [-0.25, -0.2) is 0 Å². The van der Waals surface area contributed by atoms with Crippen LogP contribution >= 0.6 is 0 Å². The van der Waals surface area contributed by atoms with Crippen molar-refractivity contribution in [2.24, 2.45) is 5.92 Å². The number of hydrogen-bond donors (Lipinski definition) is 2. The van der Waals surface area contributed by atoms with Crippen LogP contribution in [0.25, 0.3) is 0 Å². The van der Waals surface area contributed by atoms with Gasteiger partial charge in [-0.05, 0) is 31.7 Å². The summed E-state index contributed by atoms with van der Waals surface area (Å²) in [6.45, 7) is 4.77. The van der Waals surface area contributed by atoms with Gasteiger partial charge < -0.3 is 15.2 Å². The van der Waals surface area contributed by atoms with E-state index in [4.69, 9.17) is 9.84 Å². The lowest BCUT2D eigenvalue weighted by Crippen LogP contribution is -2.29. The Bertz CT molecular complexity index is 196. The van der Waals surface area contributed by atoms with Crippen molar-refractivity contribution >= 4 is 5.97 Å². The number of carboxylic acid groups (broad SMARTS) is 1. The Morgan fingerprint density at radius 1 is 1.60 bits per heavy atom. The zero-order valence-electron chi connectivity index (χ0n) is 9.37. The molecule has 15 heavy (non-hydrogen) atoms. The van der Waals surface area contributed by atoms with E-state index >= 15 is 0 Å². The molecule has 1 heterocycles. The summed E-state index contributed by atoms with van der Waals surface area (Å²) in [4.78, 5) is 10.3. The minimum absolute atomic E-state index is 0.255. The van der Waals surface area contributed by atoms with Crippen LogP contribution in [0.4, 0.5) is 0 Å². The quantitative estimate of drug-likeness (QED) is 0.628. The lowest BCUT2D eigenvalue weighted by atomic mass is 10.00. The van der Waals surface area contributed by atoms with Gasteiger partial charge in [-0.2, -0.15) is 0 Å². The minimum atomic E-state index is -0.715. The number of aliphatic carboxylic acids is 1. The summed E-state index contributed by atoms with van der Waals surface area (Å²) < 4.78 is 5.58. The van der Waals surface area contributed by atoms with E-state index in [1.807, 2.05) is 0 Å². The number of ether oxygens (including phenoxy) is 1. The van der Waals surface area contributed by atoms with Crippen molar-refractivity contribution in [3.05, 3.63) is 0 Å². The van der Waals surface area contributed by atoms with Crippen molar-refractivity contribution in [1.29, 1.82) is 0 Å². The third kappa shape index (κ3) is 4.62. The van der Waals surface area contributed by atoms with Crippen LogP contribution < -0.4 is 5.32 Å². The van der Waals surface area contributed by atoms with Crippen LogP contribution in [0, 0.1) is 5.92 Å². The highest BCUT2D eigenvalue weighted by Crippen LogP contribution is 2.22. The molecule has 0 aromatic carbocycles. The summed E-state index contributed by atoms with van der Waals surface area (Å²) >= 11 is 0. The molecule has 0 aromatic rings. The molecule has 2 unspecified atom stereocenters. The monoisotopic (exact) mass is 215 g/mol. The fraction of sp³-hybridized carbons (Fsp3) is 0.909. The van der Waals surface area contributed by atoms with Gasteiger partial charge in [-0.1, -0.05) is 6.92 Å². The van der Waals surface area contributed by atoms with E-state index in [1.54, 1.807) is 0 Å². The van der Waals surface area contributed by atoms with Gasteiger partial charge in [0.1, 0.15) is 0 Å². The molecular weight excluding hydrogens is 194 g/mol. The first-order valence-corrected chi connectivity index (χ1v) is 5.78. The SMILES string of the molecule is CCC1OCCC1CNCCCC(=O)O.